The maximum absolute atomic E-state index is 11.7. The molecule has 0 saturated heterocycles. The molecule has 0 aliphatic carbocycles. The van der Waals surface area contributed by atoms with E-state index < -0.39 is 6.03 Å². The van der Waals surface area contributed by atoms with Crippen molar-refractivity contribution in [3.63, 3.8) is 0 Å². The van der Waals surface area contributed by atoms with E-state index in [4.69, 9.17) is 0 Å². The molecule has 0 bridgehead atoms. The monoisotopic (exact) mass is 277 g/mol. The van der Waals surface area contributed by atoms with Crippen LogP contribution in [0.5, 0.6) is 0 Å². The molecule has 0 unspecified atom stereocenters. The summed E-state index contributed by atoms with van der Waals surface area (Å²) < 4.78 is 0. The molecule has 0 radical (unpaired) electrons. The zero-order valence-electron chi connectivity index (χ0n) is 12.6. The Kier molecular flexibility index (Phi) is 6.18. The lowest BCUT2D eigenvalue weighted by molar-refractivity contribution is -0.120. The van der Waals surface area contributed by atoms with Crippen LogP contribution in [-0.4, -0.2) is 36.5 Å². The first-order valence-electron chi connectivity index (χ1n) is 6.72. The van der Waals surface area contributed by atoms with E-state index in [0.717, 1.165) is 0 Å². The number of hydrogen-bond donors (Lipinski definition) is 2. The third-order valence-corrected chi connectivity index (χ3v) is 2.79. The third-order valence-electron chi connectivity index (χ3n) is 2.79. The molecule has 5 nitrogen and oxygen atoms in total. The summed E-state index contributed by atoms with van der Waals surface area (Å²) in [6.07, 6.45) is 0. The van der Waals surface area contributed by atoms with E-state index in [-0.39, 0.29) is 18.5 Å². The predicted molar refractivity (Wildman–Crippen MR) is 79.3 cm³/mol. The summed E-state index contributed by atoms with van der Waals surface area (Å²) in [5.41, 5.74) is 2.37. The number of likely N-dealkylation sites (N-methyl/N-ethyl adjacent to an activating group) is 1. The highest BCUT2D eigenvalue weighted by Gasteiger charge is 2.11. The minimum atomic E-state index is -0.450. The van der Waals surface area contributed by atoms with Gasteiger partial charge in [0.2, 0.25) is 5.91 Å². The first-order chi connectivity index (χ1) is 9.38. The molecule has 3 amide bonds. The average Bonchev–Trinajstić information content (AvgIpc) is 2.30. The van der Waals surface area contributed by atoms with Gasteiger partial charge in [-0.05, 0) is 38.9 Å². The molecule has 0 aromatic heterocycles. The zero-order valence-corrected chi connectivity index (χ0v) is 12.6. The van der Waals surface area contributed by atoms with E-state index in [0.29, 0.717) is 6.54 Å². The van der Waals surface area contributed by atoms with Crippen molar-refractivity contribution in [2.24, 2.45) is 0 Å². The van der Waals surface area contributed by atoms with Gasteiger partial charge >= 0.3 is 6.03 Å². The van der Waals surface area contributed by atoms with Crippen LogP contribution in [0.1, 0.15) is 25.0 Å². The Bertz CT molecular complexity index is 472. The van der Waals surface area contributed by atoms with Crippen molar-refractivity contribution >= 4 is 11.9 Å². The van der Waals surface area contributed by atoms with Gasteiger partial charge in [-0.1, -0.05) is 24.3 Å². The molecule has 0 fully saturated rings. The highest BCUT2D eigenvalue weighted by molar-refractivity contribution is 5.95. The van der Waals surface area contributed by atoms with E-state index in [9.17, 15) is 9.59 Å². The fraction of sp³-hybridized carbons (Fsp3) is 0.467. The van der Waals surface area contributed by atoms with Crippen LogP contribution in [0, 0.1) is 6.92 Å². The largest absolute Gasteiger partial charge is 0.336 e. The molecule has 0 spiro atoms. The second-order valence-electron chi connectivity index (χ2n) is 5.28. The highest BCUT2D eigenvalue weighted by atomic mass is 16.2. The molecular weight excluding hydrogens is 254 g/mol. The minimum Gasteiger partial charge on any atom is -0.336 e. The Morgan fingerprint density at radius 3 is 2.50 bits per heavy atom. The summed E-state index contributed by atoms with van der Waals surface area (Å²) >= 11 is 0. The molecule has 2 N–H and O–H groups in total. The topological polar surface area (TPSA) is 61.4 Å². The van der Waals surface area contributed by atoms with Crippen LogP contribution >= 0.6 is 0 Å². The second kappa shape index (κ2) is 7.65. The number of aryl methyl sites for hydroxylation is 1. The SMILES string of the molecule is Cc1ccccc1CN(C)CC(=O)NC(=O)NC(C)C. The summed E-state index contributed by atoms with van der Waals surface area (Å²) in [7, 11) is 1.85. The van der Waals surface area contributed by atoms with Gasteiger partial charge in [-0.2, -0.15) is 0 Å². The van der Waals surface area contributed by atoms with Gasteiger partial charge < -0.3 is 5.32 Å². The number of benzene rings is 1. The average molecular weight is 277 g/mol. The quantitative estimate of drug-likeness (QED) is 0.860. The van der Waals surface area contributed by atoms with Crippen LogP contribution in [0.4, 0.5) is 4.79 Å². The Morgan fingerprint density at radius 2 is 1.90 bits per heavy atom. The predicted octanol–water partition coefficient (Wildman–Crippen LogP) is 1.66. The fourth-order valence-corrected chi connectivity index (χ4v) is 1.84. The molecule has 0 saturated carbocycles. The van der Waals surface area contributed by atoms with E-state index in [1.807, 2.05) is 57.0 Å². The van der Waals surface area contributed by atoms with Gasteiger partial charge in [-0.15, -0.1) is 0 Å². The van der Waals surface area contributed by atoms with Crippen LogP contribution in [0.3, 0.4) is 0 Å². The van der Waals surface area contributed by atoms with Crippen molar-refractivity contribution in [1.82, 2.24) is 15.5 Å². The van der Waals surface area contributed by atoms with Crippen LogP contribution < -0.4 is 10.6 Å². The van der Waals surface area contributed by atoms with Crippen LogP contribution in [0.2, 0.25) is 0 Å². The summed E-state index contributed by atoms with van der Waals surface area (Å²) in [6.45, 7) is 6.58. The number of hydrogen-bond acceptors (Lipinski definition) is 3. The maximum atomic E-state index is 11.7. The van der Waals surface area contributed by atoms with E-state index in [2.05, 4.69) is 10.6 Å². The Balaban J connectivity index is 2.42. The Hall–Kier alpha value is -1.88. The van der Waals surface area contributed by atoms with Crippen molar-refractivity contribution in [2.75, 3.05) is 13.6 Å². The summed E-state index contributed by atoms with van der Waals surface area (Å²) in [4.78, 5) is 25.0. The molecule has 20 heavy (non-hydrogen) atoms. The van der Waals surface area contributed by atoms with Gasteiger partial charge in [0, 0.05) is 12.6 Å². The van der Waals surface area contributed by atoms with Crippen molar-refractivity contribution in [1.29, 1.82) is 0 Å². The van der Waals surface area contributed by atoms with Gasteiger partial charge in [0.25, 0.3) is 0 Å². The van der Waals surface area contributed by atoms with Crippen molar-refractivity contribution < 1.29 is 9.59 Å². The molecule has 0 heterocycles. The lowest BCUT2D eigenvalue weighted by atomic mass is 10.1. The number of carbonyl (C=O) groups excluding carboxylic acids is 2. The third kappa shape index (κ3) is 5.84. The standard InChI is InChI=1S/C15H23N3O2/c1-11(2)16-15(20)17-14(19)10-18(4)9-13-8-6-5-7-12(13)3/h5-8,11H,9-10H2,1-4H3,(H2,16,17,19,20). The normalized spacial score (nSPS) is 10.7. The number of nitrogens with one attached hydrogen (secondary N) is 2. The smallest absolute Gasteiger partial charge is 0.321 e. The first-order valence-corrected chi connectivity index (χ1v) is 6.72. The zero-order chi connectivity index (χ0) is 15.1. The molecule has 1 aromatic rings. The molecule has 0 aliphatic heterocycles. The lowest BCUT2D eigenvalue weighted by Crippen LogP contribution is -2.45. The van der Waals surface area contributed by atoms with Crippen molar-refractivity contribution in [3.05, 3.63) is 35.4 Å². The molecule has 1 rings (SSSR count). The number of rotatable bonds is 5. The molecule has 5 heteroatoms. The van der Waals surface area contributed by atoms with Crippen LogP contribution in [0.15, 0.2) is 24.3 Å². The van der Waals surface area contributed by atoms with Crippen LogP contribution in [-0.2, 0) is 11.3 Å². The van der Waals surface area contributed by atoms with Gasteiger partial charge in [-0.25, -0.2) is 4.79 Å². The molecule has 0 atom stereocenters. The molecule has 110 valence electrons. The first kappa shape index (κ1) is 16.2. The number of nitrogens with zero attached hydrogens (tertiary/aromatic N) is 1. The number of amides is 3. The van der Waals surface area contributed by atoms with E-state index in [1.54, 1.807) is 0 Å². The van der Waals surface area contributed by atoms with Gasteiger partial charge in [0.15, 0.2) is 0 Å². The molecular formula is C15H23N3O2. The van der Waals surface area contributed by atoms with E-state index in [1.165, 1.54) is 11.1 Å². The highest BCUT2D eigenvalue weighted by Crippen LogP contribution is 2.08. The van der Waals surface area contributed by atoms with Crippen molar-refractivity contribution in [3.8, 4) is 0 Å². The summed E-state index contributed by atoms with van der Waals surface area (Å²) in [6, 6.07) is 7.60. The van der Waals surface area contributed by atoms with E-state index >= 15 is 0 Å². The Labute approximate surface area is 120 Å². The maximum Gasteiger partial charge on any atom is 0.321 e. The summed E-state index contributed by atoms with van der Waals surface area (Å²) in [5.74, 6) is -0.306. The Morgan fingerprint density at radius 1 is 1.25 bits per heavy atom. The fourth-order valence-electron chi connectivity index (χ4n) is 1.84. The van der Waals surface area contributed by atoms with Gasteiger partial charge in [-0.3, -0.25) is 15.0 Å². The second-order valence-corrected chi connectivity index (χ2v) is 5.28. The van der Waals surface area contributed by atoms with Gasteiger partial charge in [0.05, 0.1) is 6.54 Å². The number of urea groups is 1. The molecule has 1 aromatic carbocycles. The van der Waals surface area contributed by atoms with Crippen LogP contribution in [0.25, 0.3) is 0 Å². The van der Waals surface area contributed by atoms with Crippen molar-refractivity contribution in [2.45, 2.75) is 33.4 Å². The minimum absolute atomic E-state index is 0.00694. The molecule has 0 aliphatic rings. The lowest BCUT2D eigenvalue weighted by Gasteiger charge is -2.17. The number of imide groups is 1. The van der Waals surface area contributed by atoms with Gasteiger partial charge in [0.1, 0.15) is 0 Å². The summed E-state index contributed by atoms with van der Waals surface area (Å²) in [5, 5.41) is 4.93. The number of carbonyl (C=O) groups is 2.